The number of likely N-dealkylation sites (tertiary alicyclic amines) is 1. The molecule has 1 amide bonds. The Morgan fingerprint density at radius 2 is 2.00 bits per heavy atom. The Hall–Kier alpha value is -2.19. The highest BCUT2D eigenvalue weighted by molar-refractivity contribution is 5.76. The first-order valence-electron chi connectivity index (χ1n) is 9.54. The van der Waals surface area contributed by atoms with E-state index in [1.807, 2.05) is 4.90 Å². The van der Waals surface area contributed by atoms with Gasteiger partial charge < -0.3 is 9.64 Å². The van der Waals surface area contributed by atoms with Gasteiger partial charge in [0, 0.05) is 38.8 Å². The molecule has 3 aliphatic heterocycles. The van der Waals surface area contributed by atoms with Gasteiger partial charge in [0.1, 0.15) is 0 Å². The normalized spacial score (nSPS) is 21.9. The standard InChI is InChI=1S/C21H25N3O2/c1-2-3-10-21(22-23-21)11-8-19(25)24-14-12-20(13-15-24)18-7-5-4-6-17(18)9-16-26-20/h1,4-7H,3,8-16H2. The fraction of sp³-hybridized carbons (Fsp3) is 0.571. The monoisotopic (exact) mass is 351 g/mol. The molecular formula is C21H25N3O2. The molecule has 136 valence electrons. The molecule has 1 fully saturated rings. The van der Waals surface area contributed by atoms with Gasteiger partial charge in [0.15, 0.2) is 5.66 Å². The zero-order chi connectivity index (χ0) is 18.0. The number of rotatable bonds is 5. The van der Waals surface area contributed by atoms with E-state index in [0.717, 1.165) is 45.4 Å². The number of ether oxygens (including phenoxy) is 1. The maximum atomic E-state index is 12.6. The van der Waals surface area contributed by atoms with Gasteiger partial charge in [0.05, 0.1) is 12.2 Å². The number of nitrogens with zero attached hydrogens (tertiary/aromatic N) is 3. The van der Waals surface area contributed by atoms with E-state index in [2.05, 4.69) is 40.4 Å². The van der Waals surface area contributed by atoms with Gasteiger partial charge in [-0.25, -0.2) is 0 Å². The molecule has 3 aliphatic rings. The minimum absolute atomic E-state index is 0.196. The number of amides is 1. The van der Waals surface area contributed by atoms with Crippen molar-refractivity contribution in [3.8, 4) is 12.3 Å². The van der Waals surface area contributed by atoms with Crippen molar-refractivity contribution < 1.29 is 9.53 Å². The summed E-state index contributed by atoms with van der Waals surface area (Å²) < 4.78 is 6.24. The van der Waals surface area contributed by atoms with Gasteiger partial charge in [-0.1, -0.05) is 24.3 Å². The van der Waals surface area contributed by atoms with Crippen LogP contribution in [0.15, 0.2) is 34.5 Å². The molecule has 26 heavy (non-hydrogen) atoms. The van der Waals surface area contributed by atoms with E-state index in [0.29, 0.717) is 19.3 Å². The number of benzene rings is 1. The molecule has 0 radical (unpaired) electrons. The lowest BCUT2D eigenvalue weighted by Gasteiger charge is -2.45. The van der Waals surface area contributed by atoms with Crippen molar-refractivity contribution in [2.45, 2.75) is 56.2 Å². The van der Waals surface area contributed by atoms with Gasteiger partial charge >= 0.3 is 0 Å². The molecule has 5 nitrogen and oxygen atoms in total. The first-order valence-corrected chi connectivity index (χ1v) is 9.54. The third-order valence-electron chi connectivity index (χ3n) is 5.97. The second kappa shape index (κ2) is 6.85. The summed E-state index contributed by atoms with van der Waals surface area (Å²) in [6.07, 6.45) is 10.6. The van der Waals surface area contributed by atoms with Gasteiger partial charge in [-0.2, -0.15) is 10.2 Å². The summed E-state index contributed by atoms with van der Waals surface area (Å²) in [5.41, 5.74) is 2.14. The Morgan fingerprint density at radius 1 is 1.23 bits per heavy atom. The van der Waals surface area contributed by atoms with Gasteiger partial charge in [0.2, 0.25) is 5.91 Å². The molecule has 0 saturated carbocycles. The molecule has 1 aromatic carbocycles. The molecule has 0 aliphatic carbocycles. The minimum Gasteiger partial charge on any atom is -0.370 e. The van der Waals surface area contributed by atoms with Crippen LogP contribution in [0.5, 0.6) is 0 Å². The van der Waals surface area contributed by atoms with Gasteiger partial charge in [0.25, 0.3) is 0 Å². The van der Waals surface area contributed by atoms with Crippen LogP contribution in [-0.2, 0) is 21.6 Å². The average Bonchev–Trinajstić information content (AvgIpc) is 3.46. The highest BCUT2D eigenvalue weighted by atomic mass is 16.5. The molecular weight excluding hydrogens is 326 g/mol. The van der Waals surface area contributed by atoms with Crippen molar-refractivity contribution in [3.05, 3.63) is 35.4 Å². The van der Waals surface area contributed by atoms with Crippen molar-refractivity contribution in [2.75, 3.05) is 19.7 Å². The fourth-order valence-corrected chi connectivity index (χ4v) is 4.28. The Morgan fingerprint density at radius 3 is 2.73 bits per heavy atom. The van der Waals surface area contributed by atoms with E-state index in [1.165, 1.54) is 11.1 Å². The van der Waals surface area contributed by atoms with Crippen molar-refractivity contribution in [3.63, 3.8) is 0 Å². The lowest BCUT2D eigenvalue weighted by atomic mass is 9.79. The van der Waals surface area contributed by atoms with Crippen LogP contribution in [0.2, 0.25) is 0 Å². The molecule has 0 unspecified atom stereocenters. The van der Waals surface area contributed by atoms with Crippen LogP contribution in [-0.4, -0.2) is 36.2 Å². The second-order valence-corrected chi connectivity index (χ2v) is 7.52. The van der Waals surface area contributed by atoms with Gasteiger partial charge in [-0.05, 0) is 30.4 Å². The third-order valence-corrected chi connectivity index (χ3v) is 5.97. The number of fused-ring (bicyclic) bond motifs is 2. The lowest BCUT2D eigenvalue weighted by molar-refractivity contribution is -0.141. The molecule has 0 aromatic heterocycles. The number of terminal acetylenes is 1. The maximum Gasteiger partial charge on any atom is 0.222 e. The van der Waals surface area contributed by atoms with Crippen LogP contribution >= 0.6 is 0 Å². The highest BCUT2D eigenvalue weighted by Crippen LogP contribution is 2.42. The van der Waals surface area contributed by atoms with E-state index in [9.17, 15) is 4.79 Å². The smallest absolute Gasteiger partial charge is 0.222 e. The number of carbonyl (C=O) groups excluding carboxylic acids is 1. The first-order chi connectivity index (χ1) is 12.7. The predicted octanol–water partition coefficient (Wildman–Crippen LogP) is 3.43. The summed E-state index contributed by atoms with van der Waals surface area (Å²) in [6.45, 7) is 2.27. The molecule has 0 N–H and O–H groups in total. The third kappa shape index (κ3) is 3.26. The van der Waals surface area contributed by atoms with Crippen molar-refractivity contribution in [1.82, 2.24) is 4.90 Å². The number of hydrogen-bond acceptors (Lipinski definition) is 4. The largest absolute Gasteiger partial charge is 0.370 e. The Bertz CT molecular complexity index is 751. The Kier molecular flexibility index (Phi) is 4.54. The second-order valence-electron chi connectivity index (χ2n) is 7.52. The van der Waals surface area contributed by atoms with Crippen molar-refractivity contribution >= 4 is 5.91 Å². The van der Waals surface area contributed by atoms with Gasteiger partial charge in [-0.15, -0.1) is 12.3 Å². The molecule has 0 bridgehead atoms. The molecule has 0 atom stereocenters. The SMILES string of the molecule is C#CCCC1(CCC(=O)N2CCC3(CC2)OCCc2ccccc23)N=N1. The number of carbonyl (C=O) groups is 1. The summed E-state index contributed by atoms with van der Waals surface area (Å²) in [4.78, 5) is 14.6. The molecule has 1 saturated heterocycles. The fourth-order valence-electron chi connectivity index (χ4n) is 4.28. The molecule has 1 aromatic rings. The zero-order valence-corrected chi connectivity index (χ0v) is 15.1. The molecule has 5 heteroatoms. The summed E-state index contributed by atoms with van der Waals surface area (Å²) in [7, 11) is 0. The first kappa shape index (κ1) is 17.2. The van der Waals surface area contributed by atoms with Gasteiger partial charge in [-0.3, -0.25) is 4.79 Å². The highest BCUT2D eigenvalue weighted by Gasteiger charge is 2.43. The van der Waals surface area contributed by atoms with E-state index >= 15 is 0 Å². The zero-order valence-electron chi connectivity index (χ0n) is 15.1. The van der Waals surface area contributed by atoms with Crippen LogP contribution < -0.4 is 0 Å². The van der Waals surface area contributed by atoms with E-state index in [1.54, 1.807) is 0 Å². The Balaban J connectivity index is 1.33. The summed E-state index contributed by atoms with van der Waals surface area (Å²) in [6, 6.07) is 8.58. The number of hydrogen-bond donors (Lipinski definition) is 0. The minimum atomic E-state index is -0.371. The van der Waals surface area contributed by atoms with Crippen molar-refractivity contribution in [1.29, 1.82) is 0 Å². The van der Waals surface area contributed by atoms with Crippen LogP contribution in [0.1, 0.15) is 49.7 Å². The Labute approximate surface area is 154 Å². The van der Waals surface area contributed by atoms with Crippen molar-refractivity contribution in [2.24, 2.45) is 10.2 Å². The summed E-state index contributed by atoms with van der Waals surface area (Å²) in [5, 5.41) is 8.24. The topological polar surface area (TPSA) is 54.3 Å². The van der Waals surface area contributed by atoms with E-state index < -0.39 is 0 Å². The van der Waals surface area contributed by atoms with Crippen LogP contribution in [0.25, 0.3) is 0 Å². The summed E-state index contributed by atoms with van der Waals surface area (Å²) in [5.74, 6) is 2.82. The van der Waals surface area contributed by atoms with Crippen LogP contribution in [0.4, 0.5) is 0 Å². The average molecular weight is 351 g/mol. The predicted molar refractivity (Wildman–Crippen MR) is 98.5 cm³/mol. The molecule has 3 heterocycles. The van der Waals surface area contributed by atoms with Crippen LogP contribution in [0.3, 0.4) is 0 Å². The lowest BCUT2D eigenvalue weighted by Crippen LogP contribution is -2.48. The molecule has 4 rings (SSSR count). The maximum absolute atomic E-state index is 12.6. The van der Waals surface area contributed by atoms with E-state index in [4.69, 9.17) is 11.2 Å². The quantitative estimate of drug-likeness (QED) is 0.763. The van der Waals surface area contributed by atoms with Crippen LogP contribution in [0, 0.1) is 12.3 Å². The summed E-state index contributed by atoms with van der Waals surface area (Å²) >= 11 is 0. The molecule has 1 spiro atoms. The van der Waals surface area contributed by atoms with E-state index in [-0.39, 0.29) is 17.2 Å². The number of piperidine rings is 1.